The summed E-state index contributed by atoms with van der Waals surface area (Å²) < 4.78 is 21.5. The maximum atomic E-state index is 12.9. The highest BCUT2D eigenvalue weighted by molar-refractivity contribution is 9.10. The molecule has 1 aromatic heterocycles. The lowest BCUT2D eigenvalue weighted by atomic mass is 10.1. The van der Waals surface area contributed by atoms with Crippen LogP contribution in [0.1, 0.15) is 27.4 Å². The fourth-order valence-electron chi connectivity index (χ4n) is 3.61. The molecule has 11 nitrogen and oxygen atoms in total. The van der Waals surface area contributed by atoms with Gasteiger partial charge in [-0.1, -0.05) is 33.6 Å². The molecule has 39 heavy (non-hydrogen) atoms. The normalized spacial score (nSPS) is 13.8. The van der Waals surface area contributed by atoms with Gasteiger partial charge in [-0.3, -0.25) is 14.5 Å². The largest absolute Gasteiger partial charge is 0.493 e. The Morgan fingerprint density at radius 2 is 1.82 bits per heavy atom. The standard InChI is InChI=1S/C27H24BrN3O8/c1-15-4-6-17(7-5-15)29-24(32)14-38-23-12-19(28)16(11-22(23)36-2)10-20-25(33)31(27(35)30-20)13-18-8-9-21(39-18)26(34)37-3/h4-12H,13-14H2,1-3H3,(H,29,32)(H,30,35)/b20-10-. The number of hydrogen-bond donors (Lipinski definition) is 2. The van der Waals surface area contributed by atoms with E-state index in [1.165, 1.54) is 32.4 Å². The van der Waals surface area contributed by atoms with Crippen molar-refractivity contribution in [2.45, 2.75) is 13.5 Å². The predicted molar refractivity (Wildman–Crippen MR) is 143 cm³/mol. The molecule has 2 N–H and O–H groups in total. The zero-order valence-electron chi connectivity index (χ0n) is 21.2. The molecule has 12 heteroatoms. The highest BCUT2D eigenvalue weighted by Crippen LogP contribution is 2.35. The molecule has 4 rings (SSSR count). The molecule has 1 aliphatic rings. The second-order valence-electron chi connectivity index (χ2n) is 8.36. The van der Waals surface area contributed by atoms with Crippen molar-refractivity contribution in [3.63, 3.8) is 0 Å². The number of hydrogen-bond acceptors (Lipinski definition) is 8. The Kier molecular flexibility index (Phi) is 8.35. The van der Waals surface area contributed by atoms with Crippen LogP contribution in [0.4, 0.5) is 10.5 Å². The van der Waals surface area contributed by atoms with Crippen molar-refractivity contribution in [3.05, 3.63) is 81.3 Å². The molecular weight excluding hydrogens is 574 g/mol. The number of aryl methyl sites for hydroxylation is 1. The van der Waals surface area contributed by atoms with Crippen LogP contribution in [0, 0.1) is 6.92 Å². The average molecular weight is 598 g/mol. The summed E-state index contributed by atoms with van der Waals surface area (Å²) in [5.41, 5.74) is 2.26. The first-order valence-corrected chi connectivity index (χ1v) is 12.4. The quantitative estimate of drug-likeness (QED) is 0.212. The van der Waals surface area contributed by atoms with Crippen LogP contribution < -0.4 is 20.1 Å². The number of methoxy groups -OCH3 is 2. The number of amides is 4. The van der Waals surface area contributed by atoms with Crippen LogP contribution in [0.5, 0.6) is 11.5 Å². The Morgan fingerprint density at radius 3 is 2.51 bits per heavy atom. The SMILES string of the molecule is COC(=O)c1ccc(CN2C(=O)N/C(=C\c3cc(OC)c(OCC(=O)Nc4ccc(C)cc4)cc3Br)C2=O)o1. The number of carbonyl (C=O) groups is 4. The van der Waals surface area contributed by atoms with Crippen molar-refractivity contribution in [3.8, 4) is 11.5 Å². The second-order valence-corrected chi connectivity index (χ2v) is 9.22. The van der Waals surface area contributed by atoms with Gasteiger partial charge in [-0.15, -0.1) is 0 Å². The van der Waals surface area contributed by atoms with E-state index in [1.54, 1.807) is 24.3 Å². The summed E-state index contributed by atoms with van der Waals surface area (Å²) in [5.74, 6) is -0.803. The zero-order chi connectivity index (χ0) is 28.1. The Morgan fingerprint density at radius 1 is 1.08 bits per heavy atom. The van der Waals surface area contributed by atoms with Gasteiger partial charge < -0.3 is 29.3 Å². The number of rotatable bonds is 9. The summed E-state index contributed by atoms with van der Waals surface area (Å²) in [6.07, 6.45) is 1.47. The van der Waals surface area contributed by atoms with E-state index in [2.05, 4.69) is 31.3 Å². The maximum Gasteiger partial charge on any atom is 0.373 e. The minimum absolute atomic E-state index is 0.0219. The number of nitrogens with one attached hydrogen (secondary N) is 2. The van der Waals surface area contributed by atoms with Crippen molar-refractivity contribution in [2.24, 2.45) is 0 Å². The highest BCUT2D eigenvalue weighted by atomic mass is 79.9. The van der Waals surface area contributed by atoms with E-state index in [9.17, 15) is 19.2 Å². The van der Waals surface area contributed by atoms with Gasteiger partial charge in [-0.2, -0.15) is 0 Å². The summed E-state index contributed by atoms with van der Waals surface area (Å²) in [6.45, 7) is 1.51. The van der Waals surface area contributed by atoms with Crippen LogP contribution in [0.2, 0.25) is 0 Å². The third-order valence-electron chi connectivity index (χ3n) is 5.60. The molecule has 1 fully saturated rings. The molecule has 4 amide bonds. The number of imide groups is 1. The molecule has 2 heterocycles. The first-order chi connectivity index (χ1) is 18.7. The number of carbonyl (C=O) groups excluding carboxylic acids is 4. The lowest BCUT2D eigenvalue weighted by Crippen LogP contribution is -2.30. The smallest absolute Gasteiger partial charge is 0.373 e. The van der Waals surface area contributed by atoms with Crippen molar-refractivity contribution in [2.75, 3.05) is 26.1 Å². The molecule has 0 bridgehead atoms. The number of furan rings is 1. The molecule has 0 spiro atoms. The molecule has 0 atom stereocenters. The van der Waals surface area contributed by atoms with Gasteiger partial charge in [0.15, 0.2) is 18.1 Å². The Bertz CT molecular complexity index is 1460. The molecule has 2 aromatic carbocycles. The lowest BCUT2D eigenvalue weighted by molar-refractivity contribution is -0.123. The molecule has 0 radical (unpaired) electrons. The minimum atomic E-state index is -0.669. The summed E-state index contributed by atoms with van der Waals surface area (Å²) in [4.78, 5) is 50.2. The topological polar surface area (TPSA) is 136 Å². The van der Waals surface area contributed by atoms with Gasteiger partial charge in [0.25, 0.3) is 11.8 Å². The fraction of sp³-hybridized carbons (Fsp3) is 0.185. The summed E-state index contributed by atoms with van der Waals surface area (Å²) in [6, 6.07) is 12.8. The first kappa shape index (κ1) is 27.5. The molecule has 3 aromatic rings. The molecule has 202 valence electrons. The van der Waals surface area contributed by atoms with E-state index < -0.39 is 17.9 Å². The highest BCUT2D eigenvalue weighted by Gasteiger charge is 2.34. The van der Waals surface area contributed by atoms with Crippen LogP contribution in [-0.2, 0) is 20.9 Å². The van der Waals surface area contributed by atoms with Crippen molar-refractivity contribution in [1.29, 1.82) is 0 Å². The van der Waals surface area contributed by atoms with Crippen LogP contribution in [0.15, 0.2) is 63.1 Å². The van der Waals surface area contributed by atoms with Crippen LogP contribution >= 0.6 is 15.9 Å². The van der Waals surface area contributed by atoms with Crippen molar-refractivity contribution in [1.82, 2.24) is 10.2 Å². The summed E-state index contributed by atoms with van der Waals surface area (Å²) in [7, 11) is 2.66. The van der Waals surface area contributed by atoms with Gasteiger partial charge in [-0.05, 0) is 55.0 Å². The predicted octanol–water partition coefficient (Wildman–Crippen LogP) is 4.26. The molecule has 0 unspecified atom stereocenters. The van der Waals surface area contributed by atoms with Gasteiger partial charge in [0, 0.05) is 10.2 Å². The lowest BCUT2D eigenvalue weighted by Gasteiger charge is -2.13. The fourth-order valence-corrected chi connectivity index (χ4v) is 4.05. The van der Waals surface area contributed by atoms with E-state index in [1.807, 2.05) is 19.1 Å². The third-order valence-corrected chi connectivity index (χ3v) is 6.29. The van der Waals surface area contributed by atoms with E-state index in [-0.39, 0.29) is 36.3 Å². The monoisotopic (exact) mass is 597 g/mol. The third kappa shape index (κ3) is 6.47. The average Bonchev–Trinajstić information content (AvgIpc) is 3.49. The van der Waals surface area contributed by atoms with E-state index in [0.717, 1.165) is 10.5 Å². The van der Waals surface area contributed by atoms with Crippen molar-refractivity contribution < 1.29 is 37.8 Å². The number of urea groups is 1. The number of esters is 1. The Balaban J connectivity index is 1.45. The van der Waals surface area contributed by atoms with Gasteiger partial charge >= 0.3 is 12.0 Å². The van der Waals surface area contributed by atoms with Gasteiger partial charge in [0.05, 0.1) is 20.8 Å². The molecular formula is C27H24BrN3O8. The molecule has 0 saturated carbocycles. The number of halogens is 1. The van der Waals surface area contributed by atoms with Gasteiger partial charge in [-0.25, -0.2) is 9.59 Å². The zero-order valence-corrected chi connectivity index (χ0v) is 22.8. The number of anilines is 1. The number of ether oxygens (including phenoxy) is 3. The minimum Gasteiger partial charge on any atom is -0.493 e. The van der Waals surface area contributed by atoms with E-state index in [0.29, 0.717) is 27.2 Å². The maximum absolute atomic E-state index is 12.9. The molecule has 1 aliphatic heterocycles. The summed E-state index contributed by atoms with van der Waals surface area (Å²) in [5, 5.41) is 5.28. The van der Waals surface area contributed by atoms with Gasteiger partial charge in [0.2, 0.25) is 5.76 Å². The van der Waals surface area contributed by atoms with Gasteiger partial charge in [0.1, 0.15) is 11.5 Å². The van der Waals surface area contributed by atoms with Crippen LogP contribution in [-0.4, -0.2) is 49.5 Å². The van der Waals surface area contributed by atoms with E-state index in [4.69, 9.17) is 13.9 Å². The molecule has 0 aliphatic carbocycles. The Hall–Kier alpha value is -4.58. The number of benzene rings is 2. The van der Waals surface area contributed by atoms with E-state index >= 15 is 0 Å². The summed E-state index contributed by atoms with van der Waals surface area (Å²) >= 11 is 3.44. The second kappa shape index (κ2) is 11.9. The first-order valence-electron chi connectivity index (χ1n) is 11.6. The van der Waals surface area contributed by atoms with Crippen LogP contribution in [0.25, 0.3) is 6.08 Å². The van der Waals surface area contributed by atoms with Crippen molar-refractivity contribution >= 4 is 51.5 Å². The number of nitrogens with zero attached hydrogens (tertiary/aromatic N) is 1. The Labute approximate surface area is 231 Å². The van der Waals surface area contributed by atoms with Crippen LogP contribution in [0.3, 0.4) is 0 Å². The molecule has 1 saturated heterocycles.